The molecule has 88 valence electrons. The Morgan fingerprint density at radius 1 is 1.62 bits per heavy atom. The molecule has 1 rings (SSSR count). The van der Waals surface area contributed by atoms with Crippen LogP contribution in [-0.2, 0) is 20.9 Å². The van der Waals surface area contributed by atoms with Gasteiger partial charge in [0.1, 0.15) is 13.1 Å². The van der Waals surface area contributed by atoms with E-state index in [2.05, 4.69) is 31.1 Å². The summed E-state index contributed by atoms with van der Waals surface area (Å²) in [5.41, 5.74) is 0.806. The Labute approximate surface area is 101 Å². The molecular weight excluding hydrogens is 278 g/mol. The molecule has 0 atom stereocenters. The molecule has 0 radical (unpaired) electrons. The second kappa shape index (κ2) is 5.64. The zero-order valence-electron chi connectivity index (χ0n) is 8.99. The molecule has 0 saturated heterocycles. The third-order valence-electron chi connectivity index (χ3n) is 1.85. The first-order valence-corrected chi connectivity index (χ1v) is 5.35. The Balaban J connectivity index is 2.42. The monoisotopic (exact) mass is 289 g/mol. The van der Waals surface area contributed by atoms with Crippen molar-refractivity contribution < 1.29 is 14.3 Å². The molecule has 0 fully saturated rings. The number of rotatable bonds is 4. The minimum absolute atomic E-state index is 0.0729. The number of esters is 1. The molecule has 0 aromatic carbocycles. The van der Waals surface area contributed by atoms with E-state index in [-0.39, 0.29) is 19.0 Å². The van der Waals surface area contributed by atoms with Gasteiger partial charge in [-0.3, -0.25) is 14.3 Å². The number of hydrogen-bond acceptors (Lipinski definition) is 4. The Hall–Kier alpha value is -1.37. The van der Waals surface area contributed by atoms with E-state index in [0.717, 1.165) is 10.2 Å². The Kier molecular flexibility index (Phi) is 4.48. The van der Waals surface area contributed by atoms with Gasteiger partial charge in [0.2, 0.25) is 5.91 Å². The lowest BCUT2D eigenvalue weighted by atomic mass is 10.5. The molecule has 0 bridgehead atoms. The number of aromatic nitrogens is 2. The van der Waals surface area contributed by atoms with Crippen molar-refractivity contribution in [2.75, 3.05) is 13.7 Å². The van der Waals surface area contributed by atoms with Gasteiger partial charge in [-0.05, 0) is 22.9 Å². The number of amides is 1. The normalized spacial score (nSPS) is 9.94. The second-order valence-corrected chi connectivity index (χ2v) is 3.97. The minimum atomic E-state index is -0.480. The summed E-state index contributed by atoms with van der Waals surface area (Å²) in [7, 11) is 1.27. The van der Waals surface area contributed by atoms with Crippen LogP contribution in [0.2, 0.25) is 0 Å². The van der Waals surface area contributed by atoms with Crippen LogP contribution >= 0.6 is 15.9 Å². The number of ether oxygens (including phenoxy) is 1. The summed E-state index contributed by atoms with van der Waals surface area (Å²) >= 11 is 3.29. The van der Waals surface area contributed by atoms with E-state index >= 15 is 0 Å². The van der Waals surface area contributed by atoms with E-state index in [1.807, 2.05) is 6.92 Å². The van der Waals surface area contributed by atoms with E-state index in [1.165, 1.54) is 11.8 Å². The number of carbonyl (C=O) groups is 2. The highest BCUT2D eigenvalue weighted by Gasteiger charge is 2.08. The van der Waals surface area contributed by atoms with Gasteiger partial charge in [0, 0.05) is 6.20 Å². The lowest BCUT2D eigenvalue weighted by Crippen LogP contribution is -2.32. The Morgan fingerprint density at radius 3 is 2.81 bits per heavy atom. The number of hydrogen-bond donors (Lipinski definition) is 1. The van der Waals surface area contributed by atoms with Crippen molar-refractivity contribution in [2.24, 2.45) is 0 Å². The summed E-state index contributed by atoms with van der Waals surface area (Å²) in [4.78, 5) is 22.1. The number of nitrogens with zero attached hydrogens (tertiary/aromatic N) is 2. The largest absolute Gasteiger partial charge is 0.468 e. The van der Waals surface area contributed by atoms with Crippen molar-refractivity contribution in [1.82, 2.24) is 15.1 Å². The highest BCUT2D eigenvalue weighted by atomic mass is 79.9. The maximum absolute atomic E-state index is 11.4. The fraction of sp³-hybridized carbons (Fsp3) is 0.444. The summed E-state index contributed by atoms with van der Waals surface area (Å²) in [5, 5.41) is 6.51. The fourth-order valence-electron chi connectivity index (χ4n) is 1.02. The first kappa shape index (κ1) is 12.7. The summed E-state index contributed by atoms with van der Waals surface area (Å²) in [6.07, 6.45) is 1.70. The molecule has 0 saturated carbocycles. The summed E-state index contributed by atoms with van der Waals surface area (Å²) in [6.45, 7) is 1.77. The van der Waals surface area contributed by atoms with Crippen molar-refractivity contribution in [1.29, 1.82) is 0 Å². The van der Waals surface area contributed by atoms with E-state index in [4.69, 9.17) is 0 Å². The van der Waals surface area contributed by atoms with Crippen molar-refractivity contribution >= 4 is 27.8 Å². The van der Waals surface area contributed by atoms with Gasteiger partial charge in [-0.1, -0.05) is 0 Å². The summed E-state index contributed by atoms with van der Waals surface area (Å²) < 4.78 is 6.72. The molecule has 1 N–H and O–H groups in total. The quantitative estimate of drug-likeness (QED) is 0.806. The summed E-state index contributed by atoms with van der Waals surface area (Å²) in [5.74, 6) is -0.772. The lowest BCUT2D eigenvalue weighted by Gasteiger charge is -2.03. The molecule has 0 aliphatic rings. The second-order valence-electron chi connectivity index (χ2n) is 3.11. The van der Waals surface area contributed by atoms with Crippen LogP contribution in [0.4, 0.5) is 0 Å². The summed E-state index contributed by atoms with van der Waals surface area (Å²) in [6, 6.07) is 0. The number of carbonyl (C=O) groups excluding carboxylic acids is 2. The van der Waals surface area contributed by atoms with E-state index in [9.17, 15) is 9.59 Å². The predicted octanol–water partition coefficient (Wildman–Crippen LogP) is 0.243. The average Bonchev–Trinajstić information content (AvgIpc) is 2.54. The van der Waals surface area contributed by atoms with Crippen LogP contribution < -0.4 is 5.32 Å². The molecule has 0 unspecified atom stereocenters. The van der Waals surface area contributed by atoms with Crippen LogP contribution in [0, 0.1) is 6.92 Å². The number of nitrogens with one attached hydrogen (secondary N) is 1. The third-order valence-corrected chi connectivity index (χ3v) is 2.63. The molecule has 1 amide bonds. The smallest absolute Gasteiger partial charge is 0.325 e. The van der Waals surface area contributed by atoms with Gasteiger partial charge in [0.05, 0.1) is 17.3 Å². The van der Waals surface area contributed by atoms with Gasteiger partial charge in [-0.2, -0.15) is 5.10 Å². The fourth-order valence-corrected chi connectivity index (χ4v) is 1.34. The molecule has 1 heterocycles. The highest BCUT2D eigenvalue weighted by molar-refractivity contribution is 9.10. The minimum Gasteiger partial charge on any atom is -0.468 e. The Bertz CT molecular complexity index is 383. The predicted molar refractivity (Wildman–Crippen MR) is 59.7 cm³/mol. The maximum atomic E-state index is 11.4. The highest BCUT2D eigenvalue weighted by Crippen LogP contribution is 2.12. The Morgan fingerprint density at radius 2 is 2.31 bits per heavy atom. The standard InChI is InChI=1S/C9H12BrN3O3/c1-6-7(10)4-13(12-6)5-8(14)11-3-9(15)16-2/h4H,3,5H2,1-2H3,(H,11,14). The van der Waals surface area contributed by atoms with Crippen LogP contribution in [-0.4, -0.2) is 35.3 Å². The van der Waals surface area contributed by atoms with Crippen LogP contribution in [0.25, 0.3) is 0 Å². The first-order valence-electron chi connectivity index (χ1n) is 4.56. The molecule has 6 nitrogen and oxygen atoms in total. The number of methoxy groups -OCH3 is 1. The molecular formula is C9H12BrN3O3. The molecule has 0 aliphatic heterocycles. The molecule has 0 aliphatic carbocycles. The zero-order valence-corrected chi connectivity index (χ0v) is 10.6. The average molecular weight is 290 g/mol. The molecule has 16 heavy (non-hydrogen) atoms. The topological polar surface area (TPSA) is 73.2 Å². The number of aryl methyl sites for hydroxylation is 1. The maximum Gasteiger partial charge on any atom is 0.325 e. The third kappa shape index (κ3) is 3.65. The van der Waals surface area contributed by atoms with Crippen molar-refractivity contribution in [3.63, 3.8) is 0 Å². The molecule has 0 spiro atoms. The van der Waals surface area contributed by atoms with E-state index < -0.39 is 5.97 Å². The van der Waals surface area contributed by atoms with Gasteiger partial charge < -0.3 is 10.1 Å². The van der Waals surface area contributed by atoms with Crippen LogP contribution in [0.1, 0.15) is 5.69 Å². The molecule has 1 aromatic rings. The SMILES string of the molecule is COC(=O)CNC(=O)Cn1cc(Br)c(C)n1. The van der Waals surface area contributed by atoms with E-state index in [1.54, 1.807) is 6.20 Å². The van der Waals surface area contributed by atoms with Gasteiger partial charge in [-0.25, -0.2) is 0 Å². The number of halogens is 1. The van der Waals surface area contributed by atoms with Crippen molar-refractivity contribution in [3.8, 4) is 0 Å². The van der Waals surface area contributed by atoms with Crippen LogP contribution in [0.5, 0.6) is 0 Å². The van der Waals surface area contributed by atoms with Crippen molar-refractivity contribution in [2.45, 2.75) is 13.5 Å². The van der Waals surface area contributed by atoms with E-state index in [0.29, 0.717) is 0 Å². The van der Waals surface area contributed by atoms with Gasteiger partial charge in [0.25, 0.3) is 0 Å². The lowest BCUT2D eigenvalue weighted by molar-refractivity contribution is -0.141. The van der Waals surface area contributed by atoms with Gasteiger partial charge in [0.15, 0.2) is 0 Å². The van der Waals surface area contributed by atoms with Gasteiger partial charge in [-0.15, -0.1) is 0 Å². The van der Waals surface area contributed by atoms with Crippen LogP contribution in [0.15, 0.2) is 10.7 Å². The molecule has 1 aromatic heterocycles. The molecule has 7 heteroatoms. The zero-order chi connectivity index (χ0) is 12.1. The first-order chi connectivity index (χ1) is 7.52. The van der Waals surface area contributed by atoms with Gasteiger partial charge >= 0.3 is 5.97 Å². The van der Waals surface area contributed by atoms with Crippen LogP contribution in [0.3, 0.4) is 0 Å². The van der Waals surface area contributed by atoms with Crippen molar-refractivity contribution in [3.05, 3.63) is 16.4 Å².